The Morgan fingerprint density at radius 2 is 2.10 bits per heavy atom. The van der Waals surface area contributed by atoms with Gasteiger partial charge in [0.05, 0.1) is 12.0 Å². The first-order chi connectivity index (χ1) is 9.37. The Morgan fingerprint density at radius 1 is 1.45 bits per heavy atom. The number of carboxylic acid groups (broad SMARTS) is 1. The van der Waals surface area contributed by atoms with Gasteiger partial charge in [-0.1, -0.05) is 19.4 Å². The molecule has 0 aromatic heterocycles. The third-order valence-electron chi connectivity index (χ3n) is 4.07. The molecular weight excluding hydrogens is 280 g/mol. The van der Waals surface area contributed by atoms with Crippen molar-refractivity contribution in [1.29, 1.82) is 0 Å². The molecule has 1 aromatic rings. The minimum Gasteiger partial charge on any atom is -0.497 e. The van der Waals surface area contributed by atoms with Gasteiger partial charge in [0.25, 0.3) is 0 Å². The molecule has 20 heavy (non-hydrogen) atoms. The van der Waals surface area contributed by atoms with Gasteiger partial charge in [0.1, 0.15) is 5.75 Å². The second-order valence-electron chi connectivity index (χ2n) is 5.16. The number of hydrogen-bond donors (Lipinski definition) is 1. The van der Waals surface area contributed by atoms with Crippen LogP contribution in [0.5, 0.6) is 5.75 Å². The van der Waals surface area contributed by atoms with Crippen LogP contribution in [0.3, 0.4) is 0 Å². The van der Waals surface area contributed by atoms with Crippen LogP contribution in [0.2, 0.25) is 0 Å². The molecule has 1 fully saturated rings. The molecule has 0 aliphatic heterocycles. The predicted octanol–water partition coefficient (Wildman–Crippen LogP) is 2.11. The topological polar surface area (TPSA) is 80.7 Å². The maximum atomic E-state index is 12.7. The van der Waals surface area contributed by atoms with Gasteiger partial charge in [0, 0.05) is 0 Å². The van der Waals surface area contributed by atoms with E-state index in [0.29, 0.717) is 5.75 Å². The highest BCUT2D eigenvalue weighted by molar-refractivity contribution is 7.93. The molecule has 0 saturated heterocycles. The highest BCUT2D eigenvalue weighted by Gasteiger charge is 2.59. The van der Waals surface area contributed by atoms with Crippen molar-refractivity contribution in [2.45, 2.75) is 35.8 Å². The van der Waals surface area contributed by atoms with E-state index < -0.39 is 20.6 Å². The van der Waals surface area contributed by atoms with Crippen LogP contribution >= 0.6 is 0 Å². The van der Waals surface area contributed by atoms with Crippen molar-refractivity contribution in [3.8, 4) is 5.75 Å². The number of ether oxygens (including phenoxy) is 1. The fraction of sp³-hybridized carbons (Fsp3) is 0.500. The monoisotopic (exact) mass is 298 g/mol. The molecule has 1 aliphatic rings. The number of carboxylic acids is 1. The highest BCUT2D eigenvalue weighted by atomic mass is 32.2. The van der Waals surface area contributed by atoms with Crippen LogP contribution in [-0.2, 0) is 14.6 Å². The van der Waals surface area contributed by atoms with Crippen LogP contribution < -0.4 is 4.74 Å². The van der Waals surface area contributed by atoms with E-state index in [1.54, 1.807) is 12.1 Å². The normalized spacial score (nSPS) is 25.8. The van der Waals surface area contributed by atoms with E-state index in [-0.39, 0.29) is 23.7 Å². The number of hydrogen-bond acceptors (Lipinski definition) is 4. The van der Waals surface area contributed by atoms with Gasteiger partial charge in [-0.15, -0.1) is 0 Å². The fourth-order valence-electron chi connectivity index (χ4n) is 2.66. The van der Waals surface area contributed by atoms with E-state index in [9.17, 15) is 18.3 Å². The van der Waals surface area contributed by atoms with Gasteiger partial charge < -0.3 is 9.84 Å². The molecule has 1 N–H and O–H groups in total. The van der Waals surface area contributed by atoms with E-state index in [0.717, 1.165) is 6.42 Å². The zero-order chi connectivity index (χ0) is 15.0. The quantitative estimate of drug-likeness (QED) is 0.900. The molecule has 0 unspecified atom stereocenters. The first-order valence-corrected chi connectivity index (χ1v) is 7.98. The number of benzene rings is 1. The van der Waals surface area contributed by atoms with Crippen LogP contribution in [0.25, 0.3) is 0 Å². The Balaban J connectivity index is 2.45. The Hall–Kier alpha value is -1.56. The van der Waals surface area contributed by atoms with Crippen LogP contribution in [0.1, 0.15) is 26.2 Å². The molecule has 0 radical (unpaired) electrons. The first-order valence-electron chi connectivity index (χ1n) is 6.49. The van der Waals surface area contributed by atoms with Gasteiger partial charge in [-0.05, 0) is 37.0 Å². The van der Waals surface area contributed by atoms with E-state index in [2.05, 4.69) is 0 Å². The zero-order valence-electron chi connectivity index (χ0n) is 11.5. The van der Waals surface area contributed by atoms with E-state index in [1.165, 1.54) is 19.2 Å². The number of rotatable bonds is 5. The SMILES string of the molecule is CCC1CC(C(=O)O)(S(=O)(=O)c2cccc(OC)c2)C1. The highest BCUT2D eigenvalue weighted by Crippen LogP contribution is 2.48. The molecule has 0 amide bonds. The summed E-state index contributed by atoms with van der Waals surface area (Å²) in [5.74, 6) is -0.700. The molecule has 1 aromatic carbocycles. The Morgan fingerprint density at radius 3 is 2.60 bits per heavy atom. The number of aliphatic carboxylic acids is 1. The molecular formula is C14H18O5S. The number of carbonyl (C=O) groups is 1. The average Bonchev–Trinajstić information content (AvgIpc) is 2.37. The lowest BCUT2D eigenvalue weighted by molar-refractivity contribution is -0.144. The molecule has 0 bridgehead atoms. The maximum absolute atomic E-state index is 12.7. The van der Waals surface area contributed by atoms with Gasteiger partial charge in [0.2, 0.25) is 0 Å². The third kappa shape index (κ3) is 2.08. The van der Waals surface area contributed by atoms with E-state index in [4.69, 9.17) is 4.74 Å². The molecule has 0 atom stereocenters. The number of sulfone groups is 1. The van der Waals surface area contributed by atoms with Crippen molar-refractivity contribution in [2.75, 3.05) is 7.11 Å². The maximum Gasteiger partial charge on any atom is 0.325 e. The Bertz CT molecular complexity index is 614. The molecule has 1 aliphatic carbocycles. The van der Waals surface area contributed by atoms with Crippen LogP contribution in [0.15, 0.2) is 29.2 Å². The van der Waals surface area contributed by atoms with Crippen LogP contribution in [-0.4, -0.2) is 31.4 Å². The predicted molar refractivity (Wildman–Crippen MR) is 73.6 cm³/mol. The lowest BCUT2D eigenvalue weighted by atomic mass is 9.73. The largest absolute Gasteiger partial charge is 0.497 e. The smallest absolute Gasteiger partial charge is 0.325 e. The van der Waals surface area contributed by atoms with Gasteiger partial charge in [-0.3, -0.25) is 4.79 Å². The fourth-order valence-corrected chi connectivity index (χ4v) is 4.78. The summed E-state index contributed by atoms with van der Waals surface area (Å²) in [4.78, 5) is 11.5. The lowest BCUT2D eigenvalue weighted by Crippen LogP contribution is -2.56. The summed E-state index contributed by atoms with van der Waals surface area (Å²) in [6.07, 6.45) is 1.15. The summed E-state index contributed by atoms with van der Waals surface area (Å²) in [7, 11) is -2.48. The molecule has 5 nitrogen and oxygen atoms in total. The van der Waals surface area contributed by atoms with E-state index >= 15 is 0 Å². The van der Waals surface area contributed by atoms with Gasteiger partial charge in [0.15, 0.2) is 14.6 Å². The summed E-state index contributed by atoms with van der Waals surface area (Å²) in [5, 5.41) is 9.41. The van der Waals surface area contributed by atoms with Crippen molar-refractivity contribution in [3.05, 3.63) is 24.3 Å². The Labute approximate surface area is 118 Å². The van der Waals surface area contributed by atoms with Crippen molar-refractivity contribution in [3.63, 3.8) is 0 Å². The molecule has 1 saturated carbocycles. The number of methoxy groups -OCH3 is 1. The third-order valence-corrected chi connectivity index (χ3v) is 6.48. The zero-order valence-corrected chi connectivity index (χ0v) is 12.3. The van der Waals surface area contributed by atoms with E-state index in [1.807, 2.05) is 6.92 Å². The van der Waals surface area contributed by atoms with Crippen molar-refractivity contribution >= 4 is 15.8 Å². The molecule has 2 rings (SSSR count). The van der Waals surface area contributed by atoms with Gasteiger partial charge in [-0.2, -0.15) is 0 Å². The molecule has 0 heterocycles. The van der Waals surface area contributed by atoms with Crippen molar-refractivity contribution < 1.29 is 23.1 Å². The lowest BCUT2D eigenvalue weighted by Gasteiger charge is -2.43. The van der Waals surface area contributed by atoms with Crippen molar-refractivity contribution in [2.24, 2.45) is 5.92 Å². The van der Waals surface area contributed by atoms with Gasteiger partial charge >= 0.3 is 5.97 Å². The molecule has 0 spiro atoms. The molecule has 6 heteroatoms. The Kier molecular flexibility index (Phi) is 3.77. The summed E-state index contributed by atoms with van der Waals surface area (Å²) < 4.78 is 28.7. The summed E-state index contributed by atoms with van der Waals surface area (Å²) in [6, 6.07) is 5.97. The average molecular weight is 298 g/mol. The second-order valence-corrected chi connectivity index (χ2v) is 7.42. The summed E-state index contributed by atoms with van der Waals surface area (Å²) in [6.45, 7) is 1.94. The first kappa shape index (κ1) is 14.8. The minimum absolute atomic E-state index is 0.00815. The van der Waals surface area contributed by atoms with Crippen LogP contribution in [0, 0.1) is 5.92 Å². The van der Waals surface area contributed by atoms with Crippen LogP contribution in [0.4, 0.5) is 0 Å². The molecule has 110 valence electrons. The second kappa shape index (κ2) is 5.09. The summed E-state index contributed by atoms with van der Waals surface area (Å²) >= 11 is 0. The summed E-state index contributed by atoms with van der Waals surface area (Å²) in [5.41, 5.74) is 0. The van der Waals surface area contributed by atoms with Gasteiger partial charge in [-0.25, -0.2) is 8.42 Å². The minimum atomic E-state index is -3.92. The standard InChI is InChI=1S/C14H18O5S/c1-3-10-8-14(9-10,13(15)16)20(17,18)12-6-4-5-11(7-12)19-2/h4-7,10H,3,8-9H2,1-2H3,(H,15,16). The van der Waals surface area contributed by atoms with Crippen molar-refractivity contribution in [1.82, 2.24) is 0 Å².